The third-order valence-electron chi connectivity index (χ3n) is 7.20. The predicted octanol–water partition coefficient (Wildman–Crippen LogP) is 0.786. The Morgan fingerprint density at radius 2 is 1.89 bits per heavy atom. The highest BCUT2D eigenvalue weighted by atomic mass is 32.5. The monoisotopic (exact) mass is 669 g/mol. The minimum atomic E-state index is -4.02. The maximum Gasteiger partial charge on any atom is 0.697 e. The fourth-order valence-electron chi connectivity index (χ4n) is 5.21. The summed E-state index contributed by atoms with van der Waals surface area (Å²) < 4.78 is 44.2. The number of aromatic amines is 1. The molecule has 0 bridgehead atoms. The molecule has 234 valence electrons. The average Bonchev–Trinajstić information content (AvgIpc) is 3.74. The highest BCUT2D eigenvalue weighted by Crippen LogP contribution is 2.43. The minimum absolute atomic E-state index is 0.117. The number of imidazole rings is 2. The average molecular weight is 670 g/mol. The Kier molecular flexibility index (Phi) is 8.55. The number of H-pyrrole nitrogens is 1. The minimum Gasteiger partial charge on any atom is -0.382 e. The topological polar surface area (TPSA) is 263 Å². The van der Waals surface area contributed by atoms with Gasteiger partial charge in [0.2, 0.25) is 0 Å². The van der Waals surface area contributed by atoms with E-state index in [1.54, 1.807) is 10.6 Å². The van der Waals surface area contributed by atoms with E-state index in [0.29, 0.717) is 17.6 Å². The van der Waals surface area contributed by atoms with Gasteiger partial charge in [0.15, 0.2) is 22.9 Å². The number of fused-ring (bicyclic) bond motifs is 2. The number of hydrogen-bond donors (Lipinski definition) is 5. The molecule has 0 aliphatic carbocycles. The number of nitrogens with one attached hydrogen (secondary N) is 1. The first kappa shape index (κ1) is 30.7. The highest BCUT2D eigenvalue weighted by Gasteiger charge is 2.45. The molecule has 4 aromatic rings. The van der Waals surface area contributed by atoms with Gasteiger partial charge in [0.05, 0.1) is 19.0 Å². The SMILES string of the molecule is C=C[C@@H]1C[C@@H](CO[P+](=O)OC2C[C@H](n3cnc4c(N)ncnc43)O[C@@H]2COP(O)(O)=S)O[C@H]1n1c(=O)[nH]c2c(N)ncnc21. The molecule has 2 unspecified atom stereocenters. The Balaban J connectivity index is 1.12. The Morgan fingerprint density at radius 3 is 2.64 bits per heavy atom. The van der Waals surface area contributed by atoms with Gasteiger partial charge in [0, 0.05) is 16.9 Å². The van der Waals surface area contributed by atoms with Crippen molar-refractivity contribution >= 4 is 60.7 Å². The maximum atomic E-state index is 13.0. The first-order chi connectivity index (χ1) is 21.0. The molecule has 4 aromatic heterocycles. The standard InChI is InChI=1S/C22H26N10O9P2S/c1-2-10-3-11(39-21(10)32-20-16(30-22(32)33)18(24)26-8-28-20)5-37-42(34)41-12-4-14(40-13(12)6-38-43(35,36)44)31-9-29-15-17(23)25-7-27-19(15)31/h2,7-14,21H,1,3-6H2,(H6-,23,24,25,26,27,28,30,33,35,36,44)/p+1/t10-,11+,12?,13-,14-,21-/m1/s1. The summed E-state index contributed by atoms with van der Waals surface area (Å²) in [5.74, 6) is -0.00597. The van der Waals surface area contributed by atoms with E-state index in [2.05, 4.69) is 48.3 Å². The molecule has 2 aliphatic heterocycles. The second-order valence-corrected chi connectivity index (χ2v) is 13.5. The van der Waals surface area contributed by atoms with Gasteiger partial charge >= 0.3 is 20.7 Å². The number of hydrogen-bond acceptors (Lipinski definition) is 15. The van der Waals surface area contributed by atoms with Gasteiger partial charge in [-0.2, -0.15) is 0 Å². The Hall–Kier alpha value is -3.29. The van der Waals surface area contributed by atoms with Gasteiger partial charge in [0.1, 0.15) is 55.0 Å². The summed E-state index contributed by atoms with van der Waals surface area (Å²) in [6.45, 7) is -0.670. The lowest BCUT2D eigenvalue weighted by atomic mass is 10.0. The highest BCUT2D eigenvalue weighted by molar-refractivity contribution is 8.06. The summed E-state index contributed by atoms with van der Waals surface area (Å²) in [5, 5.41) is 0. The van der Waals surface area contributed by atoms with Crippen LogP contribution in [0.15, 0.2) is 36.4 Å². The second kappa shape index (κ2) is 12.2. The Morgan fingerprint density at radius 1 is 1.14 bits per heavy atom. The lowest BCUT2D eigenvalue weighted by molar-refractivity contribution is -0.0404. The fourth-order valence-corrected chi connectivity index (χ4v) is 6.52. The molecule has 0 saturated carbocycles. The van der Waals surface area contributed by atoms with E-state index in [1.807, 2.05) is 0 Å². The number of ether oxygens (including phenoxy) is 2. The molecule has 44 heavy (non-hydrogen) atoms. The fraction of sp³-hybridized carbons (Fsp3) is 0.455. The quantitative estimate of drug-likeness (QED) is 0.109. The molecule has 2 fully saturated rings. The van der Waals surface area contributed by atoms with Crippen LogP contribution in [0.3, 0.4) is 0 Å². The van der Waals surface area contributed by atoms with E-state index in [9.17, 15) is 19.1 Å². The van der Waals surface area contributed by atoms with Gasteiger partial charge in [-0.1, -0.05) is 6.08 Å². The van der Waals surface area contributed by atoms with Crippen molar-refractivity contribution < 1.29 is 37.4 Å². The number of rotatable bonds is 11. The van der Waals surface area contributed by atoms with Crippen molar-refractivity contribution in [2.24, 2.45) is 5.92 Å². The van der Waals surface area contributed by atoms with Gasteiger partial charge in [-0.15, -0.1) is 15.6 Å². The molecule has 0 aromatic carbocycles. The van der Waals surface area contributed by atoms with E-state index in [0.717, 1.165) is 0 Å². The summed E-state index contributed by atoms with van der Waals surface area (Å²) in [6, 6.07) is 0. The maximum absolute atomic E-state index is 13.0. The van der Waals surface area contributed by atoms with Crippen molar-refractivity contribution in [2.75, 3.05) is 24.7 Å². The van der Waals surface area contributed by atoms with Crippen LogP contribution < -0.4 is 17.2 Å². The Labute approximate surface area is 253 Å². The molecule has 22 heteroatoms. The number of nitrogen functional groups attached to an aromatic ring is 2. The third-order valence-corrected chi connectivity index (χ3v) is 8.80. The van der Waals surface area contributed by atoms with Gasteiger partial charge in [-0.3, -0.25) is 4.57 Å². The molecule has 6 rings (SSSR count). The van der Waals surface area contributed by atoms with E-state index >= 15 is 0 Å². The summed E-state index contributed by atoms with van der Waals surface area (Å²) in [7, 11) is -2.72. The smallest absolute Gasteiger partial charge is 0.382 e. The van der Waals surface area contributed by atoms with Gasteiger partial charge < -0.3 is 40.2 Å². The normalized spacial score (nSPS) is 26.1. The van der Waals surface area contributed by atoms with Crippen LogP contribution in [0, 0.1) is 5.92 Å². The van der Waals surface area contributed by atoms with Crippen LogP contribution in [0.5, 0.6) is 0 Å². The molecular formula is C22H27N10O9P2S+. The first-order valence-electron chi connectivity index (χ1n) is 13.1. The zero-order valence-corrected chi connectivity index (χ0v) is 25.3. The summed E-state index contributed by atoms with van der Waals surface area (Å²) in [5.41, 5.74) is 12.6. The molecule has 7 atom stereocenters. The van der Waals surface area contributed by atoms with Crippen molar-refractivity contribution in [1.29, 1.82) is 0 Å². The van der Waals surface area contributed by atoms with Gasteiger partial charge in [0.25, 0.3) is 0 Å². The lowest BCUT2D eigenvalue weighted by Crippen LogP contribution is -2.27. The van der Waals surface area contributed by atoms with Crippen molar-refractivity contribution in [1.82, 2.24) is 39.0 Å². The molecule has 6 heterocycles. The molecule has 0 spiro atoms. The molecule has 19 nitrogen and oxygen atoms in total. The van der Waals surface area contributed by atoms with Crippen LogP contribution in [0.25, 0.3) is 22.3 Å². The second-order valence-electron chi connectivity index (χ2n) is 9.94. The number of aromatic nitrogens is 8. The predicted molar refractivity (Wildman–Crippen MR) is 156 cm³/mol. The van der Waals surface area contributed by atoms with E-state index in [4.69, 9.17) is 34.5 Å². The van der Waals surface area contributed by atoms with Crippen molar-refractivity contribution in [2.45, 2.75) is 43.6 Å². The molecular weight excluding hydrogens is 642 g/mol. The lowest BCUT2D eigenvalue weighted by Gasteiger charge is -2.17. The first-order valence-corrected chi connectivity index (χ1v) is 16.8. The molecule has 0 amide bonds. The number of anilines is 2. The summed E-state index contributed by atoms with van der Waals surface area (Å²) in [6.07, 6.45) is 2.31. The molecule has 0 radical (unpaired) electrons. The van der Waals surface area contributed by atoms with Crippen LogP contribution >= 0.6 is 15.0 Å². The van der Waals surface area contributed by atoms with Crippen molar-refractivity contribution in [3.63, 3.8) is 0 Å². The summed E-state index contributed by atoms with van der Waals surface area (Å²) >= 11 is 4.55. The van der Waals surface area contributed by atoms with Crippen LogP contribution in [0.2, 0.25) is 0 Å². The van der Waals surface area contributed by atoms with E-state index in [1.165, 1.54) is 23.5 Å². The van der Waals surface area contributed by atoms with E-state index in [-0.39, 0.29) is 48.4 Å². The largest absolute Gasteiger partial charge is 0.697 e. The zero-order valence-electron chi connectivity index (χ0n) is 22.6. The van der Waals surface area contributed by atoms with Gasteiger partial charge in [-0.25, -0.2) is 34.3 Å². The molecule has 7 N–H and O–H groups in total. The molecule has 2 aliphatic rings. The van der Waals surface area contributed by atoms with Crippen LogP contribution in [-0.2, 0) is 39.4 Å². The van der Waals surface area contributed by atoms with Crippen LogP contribution in [-0.4, -0.2) is 80.4 Å². The third kappa shape index (κ3) is 6.14. The molecule has 2 saturated heterocycles. The van der Waals surface area contributed by atoms with Crippen LogP contribution in [0.1, 0.15) is 25.3 Å². The number of nitrogens with two attached hydrogens (primary N) is 2. The van der Waals surface area contributed by atoms with E-state index < -0.39 is 51.4 Å². The van der Waals surface area contributed by atoms with Crippen molar-refractivity contribution in [3.05, 3.63) is 42.1 Å². The van der Waals surface area contributed by atoms with Gasteiger partial charge in [-0.05, 0) is 18.2 Å². The van der Waals surface area contributed by atoms with Crippen LogP contribution in [0.4, 0.5) is 11.6 Å². The van der Waals surface area contributed by atoms with Crippen molar-refractivity contribution in [3.8, 4) is 0 Å². The summed E-state index contributed by atoms with van der Waals surface area (Å²) in [4.78, 5) is 54.9. The Bertz CT molecular complexity index is 1830. The zero-order chi connectivity index (χ0) is 31.2. The number of nitrogens with zero attached hydrogens (tertiary/aromatic N) is 7.